The summed E-state index contributed by atoms with van der Waals surface area (Å²) in [7, 11) is 0. The molecule has 1 rings (SSSR count). The second kappa shape index (κ2) is 8.42. The molecule has 0 aliphatic rings. The Kier molecular flexibility index (Phi) is 6.89. The Morgan fingerprint density at radius 1 is 1.04 bits per heavy atom. The van der Waals surface area contributed by atoms with Crippen LogP contribution < -0.4 is 0 Å². The van der Waals surface area contributed by atoms with Crippen LogP contribution >= 0.6 is 0 Å². The van der Waals surface area contributed by atoms with E-state index in [1.807, 2.05) is 31.2 Å². The van der Waals surface area contributed by atoms with Gasteiger partial charge in [0.1, 0.15) is 11.6 Å². The van der Waals surface area contributed by atoms with Crippen molar-refractivity contribution in [2.24, 2.45) is 5.92 Å². The molecule has 0 radical (unpaired) electrons. The minimum Gasteiger partial charge on any atom is -0.463 e. The predicted octanol–water partition coefficient (Wildman–Crippen LogP) is 3.38. The van der Waals surface area contributed by atoms with E-state index < -0.39 is 17.8 Å². The van der Waals surface area contributed by atoms with Crippen LogP contribution in [0.5, 0.6) is 0 Å². The summed E-state index contributed by atoms with van der Waals surface area (Å²) in [6, 6.07) is 7.61. The third kappa shape index (κ3) is 5.16. The quantitative estimate of drug-likeness (QED) is 0.439. The van der Waals surface area contributed by atoms with Gasteiger partial charge in [0.15, 0.2) is 0 Å². The summed E-state index contributed by atoms with van der Waals surface area (Å²) >= 11 is 0. The van der Waals surface area contributed by atoms with Crippen LogP contribution in [-0.4, -0.2) is 24.1 Å². The van der Waals surface area contributed by atoms with Gasteiger partial charge in [-0.3, -0.25) is 9.59 Å². The first kappa shape index (κ1) is 18.8. The molecule has 23 heavy (non-hydrogen) atoms. The minimum atomic E-state index is -0.804. The Hall–Kier alpha value is -2.23. The van der Waals surface area contributed by atoms with E-state index in [0.717, 1.165) is 11.1 Å². The van der Waals surface area contributed by atoms with Gasteiger partial charge in [-0.2, -0.15) is 0 Å². The van der Waals surface area contributed by atoms with Gasteiger partial charge in [-0.25, -0.2) is 4.79 Å². The van der Waals surface area contributed by atoms with E-state index in [2.05, 4.69) is 0 Å². The summed E-state index contributed by atoms with van der Waals surface area (Å²) < 4.78 is 4.98. The van der Waals surface area contributed by atoms with Crippen molar-refractivity contribution in [1.29, 1.82) is 0 Å². The average Bonchev–Trinajstić information content (AvgIpc) is 2.46. The van der Waals surface area contributed by atoms with Crippen LogP contribution in [-0.2, 0) is 19.1 Å². The normalized spacial score (nSPS) is 12.9. The molecule has 4 heteroatoms. The summed E-state index contributed by atoms with van der Waals surface area (Å²) in [4.78, 5) is 35.8. The van der Waals surface area contributed by atoms with Gasteiger partial charge in [-0.15, -0.1) is 0 Å². The van der Waals surface area contributed by atoms with Gasteiger partial charge in [0.25, 0.3) is 0 Å². The number of rotatable bonds is 7. The first-order chi connectivity index (χ1) is 10.8. The Morgan fingerprint density at radius 2 is 1.57 bits per heavy atom. The summed E-state index contributed by atoms with van der Waals surface area (Å²) in [5, 5.41) is 0. The predicted molar refractivity (Wildman–Crippen MR) is 89.2 cm³/mol. The van der Waals surface area contributed by atoms with Gasteiger partial charge < -0.3 is 4.74 Å². The van der Waals surface area contributed by atoms with Crippen LogP contribution in [0.4, 0.5) is 0 Å². The maximum atomic E-state index is 12.0. The van der Waals surface area contributed by atoms with Crippen LogP contribution in [0.3, 0.4) is 0 Å². The summed E-state index contributed by atoms with van der Waals surface area (Å²) in [6.45, 7) is 8.42. The Morgan fingerprint density at radius 3 is 2.00 bits per heavy atom. The second-order valence-electron chi connectivity index (χ2n) is 5.71. The van der Waals surface area contributed by atoms with Crippen LogP contribution in [0, 0.1) is 12.8 Å². The highest BCUT2D eigenvalue weighted by Crippen LogP contribution is 2.29. The maximum Gasteiger partial charge on any atom is 0.333 e. The van der Waals surface area contributed by atoms with E-state index in [0.29, 0.717) is 5.57 Å². The largest absolute Gasteiger partial charge is 0.463 e. The Balaban J connectivity index is 3.33. The summed E-state index contributed by atoms with van der Waals surface area (Å²) in [6.07, 6.45) is 1.66. The van der Waals surface area contributed by atoms with E-state index in [1.165, 1.54) is 13.8 Å². The molecule has 0 N–H and O–H groups in total. The summed E-state index contributed by atoms with van der Waals surface area (Å²) in [5.41, 5.74) is 2.31. The number of benzene rings is 1. The Bertz CT molecular complexity index is 597. The molecule has 0 saturated carbocycles. The van der Waals surface area contributed by atoms with E-state index in [-0.39, 0.29) is 18.2 Å². The van der Waals surface area contributed by atoms with Crippen molar-refractivity contribution in [2.75, 3.05) is 6.61 Å². The monoisotopic (exact) mass is 316 g/mol. The average molecular weight is 316 g/mol. The molecular formula is C19H24O4. The van der Waals surface area contributed by atoms with E-state index >= 15 is 0 Å². The van der Waals surface area contributed by atoms with Gasteiger partial charge in [0.2, 0.25) is 0 Å². The number of hydrogen-bond acceptors (Lipinski definition) is 4. The SMILES string of the molecule is CCOC(=O)/C(C)=C/C(c1ccc(C)cc1)C(C(C)=O)C(C)=O. The lowest BCUT2D eigenvalue weighted by Gasteiger charge is -2.21. The molecule has 0 spiro atoms. The van der Waals surface area contributed by atoms with Gasteiger partial charge in [-0.05, 0) is 40.2 Å². The van der Waals surface area contributed by atoms with Gasteiger partial charge in [-0.1, -0.05) is 35.9 Å². The smallest absolute Gasteiger partial charge is 0.333 e. The van der Waals surface area contributed by atoms with Crippen molar-refractivity contribution < 1.29 is 19.1 Å². The van der Waals surface area contributed by atoms with Crippen LogP contribution in [0.25, 0.3) is 0 Å². The minimum absolute atomic E-state index is 0.212. The number of allylic oxidation sites excluding steroid dienone is 1. The highest BCUT2D eigenvalue weighted by atomic mass is 16.5. The van der Waals surface area contributed by atoms with Gasteiger partial charge in [0, 0.05) is 11.5 Å². The molecule has 0 aliphatic carbocycles. The molecule has 0 heterocycles. The number of aryl methyl sites for hydroxylation is 1. The van der Waals surface area contributed by atoms with Crippen LogP contribution in [0.1, 0.15) is 44.7 Å². The standard InChI is InChI=1S/C19H24O4/c1-6-23-19(22)13(3)11-17(18(14(4)20)15(5)21)16-9-7-12(2)8-10-16/h7-11,17-18H,6H2,1-5H3/b13-11+. The molecule has 1 atom stereocenters. The number of carbonyl (C=O) groups excluding carboxylic acids is 3. The lowest BCUT2D eigenvalue weighted by Crippen LogP contribution is -2.26. The maximum absolute atomic E-state index is 12.0. The molecule has 0 bridgehead atoms. The second-order valence-corrected chi connectivity index (χ2v) is 5.71. The van der Waals surface area contributed by atoms with Gasteiger partial charge in [0.05, 0.1) is 12.5 Å². The fourth-order valence-corrected chi connectivity index (χ4v) is 2.55. The highest BCUT2D eigenvalue weighted by Gasteiger charge is 2.30. The van der Waals surface area contributed by atoms with Crippen molar-refractivity contribution in [3.8, 4) is 0 Å². The Labute approximate surface area is 137 Å². The number of hydrogen-bond donors (Lipinski definition) is 0. The molecule has 124 valence electrons. The fraction of sp³-hybridized carbons (Fsp3) is 0.421. The molecule has 0 saturated heterocycles. The van der Waals surface area contributed by atoms with E-state index in [1.54, 1.807) is 19.9 Å². The molecule has 0 aromatic heterocycles. The molecule has 0 amide bonds. The molecular weight excluding hydrogens is 292 g/mol. The first-order valence-electron chi connectivity index (χ1n) is 7.71. The topological polar surface area (TPSA) is 60.4 Å². The van der Waals surface area contributed by atoms with Crippen molar-refractivity contribution >= 4 is 17.5 Å². The highest BCUT2D eigenvalue weighted by molar-refractivity contribution is 6.01. The van der Waals surface area contributed by atoms with Crippen LogP contribution in [0.15, 0.2) is 35.9 Å². The number of esters is 1. The van der Waals surface area contributed by atoms with E-state index in [9.17, 15) is 14.4 Å². The zero-order chi connectivity index (χ0) is 17.6. The number of ether oxygens (including phenoxy) is 1. The van der Waals surface area contributed by atoms with Crippen LogP contribution in [0.2, 0.25) is 0 Å². The van der Waals surface area contributed by atoms with E-state index in [4.69, 9.17) is 4.74 Å². The molecule has 4 nitrogen and oxygen atoms in total. The van der Waals surface area contributed by atoms with Crippen molar-refractivity contribution in [2.45, 2.75) is 40.5 Å². The lowest BCUT2D eigenvalue weighted by atomic mass is 9.80. The third-order valence-corrected chi connectivity index (χ3v) is 3.72. The van der Waals surface area contributed by atoms with Crippen molar-refractivity contribution in [3.05, 3.63) is 47.0 Å². The molecule has 0 aliphatic heterocycles. The first-order valence-corrected chi connectivity index (χ1v) is 7.71. The van der Waals surface area contributed by atoms with Crippen molar-refractivity contribution in [3.63, 3.8) is 0 Å². The zero-order valence-corrected chi connectivity index (χ0v) is 14.4. The third-order valence-electron chi connectivity index (χ3n) is 3.72. The number of carbonyl (C=O) groups is 3. The van der Waals surface area contributed by atoms with Crippen molar-refractivity contribution in [1.82, 2.24) is 0 Å². The fourth-order valence-electron chi connectivity index (χ4n) is 2.55. The summed E-state index contributed by atoms with van der Waals surface area (Å²) in [5.74, 6) is -2.14. The lowest BCUT2D eigenvalue weighted by molar-refractivity contribution is -0.138. The molecule has 1 aromatic rings. The molecule has 1 unspecified atom stereocenters. The van der Waals surface area contributed by atoms with Gasteiger partial charge >= 0.3 is 5.97 Å². The molecule has 1 aromatic carbocycles. The number of ketones is 2. The number of Topliss-reactive ketones (excluding diaryl/α,β-unsaturated/α-hetero) is 2. The zero-order valence-electron chi connectivity index (χ0n) is 14.4. The molecule has 0 fully saturated rings.